The quantitative estimate of drug-likeness (QED) is 0.0851. The number of piperazine rings is 1. The molecule has 22 heteroatoms. The van der Waals surface area contributed by atoms with Gasteiger partial charge in [0, 0.05) is 69.5 Å². The van der Waals surface area contributed by atoms with E-state index in [-0.39, 0.29) is 69.5 Å². The van der Waals surface area contributed by atoms with Crippen LogP contribution in [0, 0.1) is 0 Å². The maximum atomic E-state index is 14.4. The van der Waals surface area contributed by atoms with Crippen molar-refractivity contribution in [1.29, 1.82) is 0 Å². The first-order valence-electron chi connectivity index (χ1n) is 28.4. The minimum atomic E-state index is -1.68. The molecule has 0 spiro atoms. The highest BCUT2D eigenvalue weighted by Gasteiger charge is 2.46. The van der Waals surface area contributed by atoms with Crippen LogP contribution in [-0.4, -0.2) is 190 Å². The zero-order valence-corrected chi connectivity index (χ0v) is 46.3. The van der Waals surface area contributed by atoms with E-state index in [1.165, 1.54) is 63.0 Å². The number of aliphatic hydroxyl groups excluding tert-OH is 3. The Hall–Kier alpha value is -6.69. The van der Waals surface area contributed by atoms with Crippen molar-refractivity contribution in [3.63, 3.8) is 0 Å². The Balaban J connectivity index is 1.06. The number of aryl methyl sites for hydroxylation is 1. The van der Waals surface area contributed by atoms with Gasteiger partial charge in [0.05, 0.1) is 24.9 Å². The van der Waals surface area contributed by atoms with Crippen LogP contribution in [-0.2, 0) is 40.0 Å². The number of fused-ring (bicyclic) bond motifs is 2. The molecule has 10 atom stereocenters. The first kappa shape index (κ1) is 60.9. The fraction of sp³-hybridized carbons (Fsp3) is 0.569. The third-order valence-corrected chi connectivity index (χ3v) is 15.5. The molecule has 22 nitrogen and oxygen atoms in total. The van der Waals surface area contributed by atoms with Gasteiger partial charge < -0.3 is 67.4 Å². The van der Waals surface area contributed by atoms with Crippen molar-refractivity contribution in [2.75, 3.05) is 57.3 Å². The van der Waals surface area contributed by atoms with Crippen molar-refractivity contribution in [2.45, 2.75) is 158 Å². The number of hydroxylamine groups is 2. The molecule has 3 aromatic rings. The van der Waals surface area contributed by atoms with Crippen LogP contribution < -0.4 is 37.2 Å². The van der Waals surface area contributed by atoms with Gasteiger partial charge in [-0.3, -0.25) is 38.4 Å². The van der Waals surface area contributed by atoms with Gasteiger partial charge in [0.15, 0.2) is 0 Å². The molecule has 4 heterocycles. The summed E-state index contributed by atoms with van der Waals surface area (Å²) in [4.78, 5) is 110. The van der Waals surface area contributed by atoms with Crippen LogP contribution in [0.4, 0.5) is 5.69 Å². The third kappa shape index (κ3) is 16.5. The van der Waals surface area contributed by atoms with E-state index >= 15 is 0 Å². The number of rotatable bonds is 17. The molecule has 3 aromatic carbocycles. The predicted octanol–water partition coefficient (Wildman–Crippen LogP) is 1.22. The van der Waals surface area contributed by atoms with E-state index < -0.39 is 102 Å². The van der Waals surface area contributed by atoms with Gasteiger partial charge >= 0.3 is 0 Å². The van der Waals surface area contributed by atoms with E-state index in [0.717, 1.165) is 60.9 Å². The maximum Gasteiger partial charge on any atom is 0.251 e. The number of phenolic OH excluding ortho intramolecular Hbond substituents is 1. The largest absolute Gasteiger partial charge is 0.508 e. The monoisotopic (exact) mass is 1110 g/mol. The van der Waals surface area contributed by atoms with Crippen LogP contribution >= 0.6 is 0 Å². The minimum absolute atomic E-state index is 0.00522. The van der Waals surface area contributed by atoms with E-state index in [1.807, 2.05) is 12.1 Å². The van der Waals surface area contributed by atoms with E-state index in [0.29, 0.717) is 5.56 Å². The summed E-state index contributed by atoms with van der Waals surface area (Å²) in [7, 11) is 0. The molecule has 0 aromatic heterocycles. The molecule has 4 aliphatic heterocycles. The lowest BCUT2D eigenvalue weighted by Gasteiger charge is -2.35. The van der Waals surface area contributed by atoms with Gasteiger partial charge in [-0.15, -0.1) is 0 Å². The molecule has 7 unspecified atom stereocenters. The zero-order chi connectivity index (χ0) is 57.5. The number of nitrogens with one attached hydrogen (secondary N) is 5. The van der Waals surface area contributed by atoms with Crippen LogP contribution in [0.5, 0.6) is 5.75 Å². The number of phenols is 1. The van der Waals surface area contributed by atoms with Crippen molar-refractivity contribution >= 4 is 47.0 Å². The molecular formula is C58H82N10O12. The molecular weight excluding hydrogens is 1030 g/mol. The highest BCUT2D eigenvalue weighted by molar-refractivity contribution is 6.00. The number of benzene rings is 3. The van der Waals surface area contributed by atoms with Crippen LogP contribution in [0.15, 0.2) is 72.8 Å². The Kier molecular flexibility index (Phi) is 22.2. The summed E-state index contributed by atoms with van der Waals surface area (Å²) < 4.78 is 0. The van der Waals surface area contributed by atoms with Crippen molar-refractivity contribution in [3.05, 3.63) is 83.9 Å². The highest BCUT2D eigenvalue weighted by atomic mass is 16.7. The first-order chi connectivity index (χ1) is 38.4. The van der Waals surface area contributed by atoms with E-state index in [1.54, 1.807) is 36.4 Å². The fourth-order valence-corrected chi connectivity index (χ4v) is 10.8. The van der Waals surface area contributed by atoms with Crippen LogP contribution in [0.1, 0.15) is 107 Å². The average Bonchev–Trinajstić information content (AvgIpc) is 4.05. The number of amides is 7. The normalized spacial score (nSPS) is 25.8. The summed E-state index contributed by atoms with van der Waals surface area (Å²) in [6.07, 6.45) is 2.98. The Morgan fingerprint density at radius 2 is 1.30 bits per heavy atom. The van der Waals surface area contributed by atoms with Crippen molar-refractivity contribution in [2.24, 2.45) is 5.73 Å². The molecule has 0 bridgehead atoms. The number of anilines is 1. The van der Waals surface area contributed by atoms with E-state index in [4.69, 9.17) is 10.6 Å². The second-order valence-electron chi connectivity index (χ2n) is 21.7. The standard InChI is InChI=1S/C58H82N10O12/c1-4-5-6-7-8-9-31-80-66-29-27-65(28-30-66)43-21-19-40(20-22-43)39-15-17-41(18-16-39)52(73)61-46-11-10-26-60-55(76)48-32-42(59)34-67(48)57(78)50(36(2)69)64-54(75)47(25-14-38-12-23-44(71)24-13-38)62-56(77)49-33-45(72)35-68(49)58(79)51(37(3)70)63-53(46)74/h12-13,15-24,36-37,42,45-51,69-72H,4-11,14,25-35,59H2,1-3H3,(H,60,76)(H,61,73)(H,62,77)(H,63,74)(H,64,75)/t36?,37?,42-,45+,46-,47?,48?,49?,50?,51?/m0/s1. The van der Waals surface area contributed by atoms with Gasteiger partial charge in [0.25, 0.3) is 5.91 Å². The Morgan fingerprint density at radius 1 is 0.713 bits per heavy atom. The van der Waals surface area contributed by atoms with Crippen molar-refractivity contribution < 1.29 is 58.8 Å². The molecule has 0 aliphatic carbocycles. The smallest absolute Gasteiger partial charge is 0.251 e. The number of aromatic hydroxyl groups is 1. The minimum Gasteiger partial charge on any atom is -0.508 e. The summed E-state index contributed by atoms with van der Waals surface area (Å²) in [5, 5.41) is 58.2. The number of hydrogen-bond donors (Lipinski definition) is 10. The Labute approximate surface area is 468 Å². The van der Waals surface area contributed by atoms with Gasteiger partial charge in [-0.2, -0.15) is 5.06 Å². The molecule has 436 valence electrons. The maximum absolute atomic E-state index is 14.4. The molecule has 80 heavy (non-hydrogen) atoms. The predicted molar refractivity (Wildman–Crippen MR) is 298 cm³/mol. The third-order valence-electron chi connectivity index (χ3n) is 15.5. The number of carbonyl (C=O) groups excluding carboxylic acids is 7. The number of nitrogens with zero attached hydrogens (tertiary/aromatic N) is 4. The van der Waals surface area contributed by atoms with Crippen molar-refractivity contribution in [1.82, 2.24) is 41.4 Å². The average molecular weight is 1110 g/mol. The molecule has 0 radical (unpaired) electrons. The topological polar surface area (TPSA) is 309 Å². The van der Waals surface area contributed by atoms with E-state index in [9.17, 15) is 54.0 Å². The zero-order valence-electron chi connectivity index (χ0n) is 46.3. The lowest BCUT2D eigenvalue weighted by molar-refractivity contribution is -0.162. The molecule has 7 rings (SSSR count). The molecule has 0 saturated carbocycles. The summed E-state index contributed by atoms with van der Waals surface area (Å²) in [6.45, 7) is 8.32. The molecule has 4 saturated heterocycles. The van der Waals surface area contributed by atoms with Crippen LogP contribution in [0.25, 0.3) is 11.1 Å². The van der Waals surface area contributed by atoms with Gasteiger partial charge in [0.2, 0.25) is 35.4 Å². The Bertz CT molecular complexity index is 2560. The summed E-state index contributed by atoms with van der Waals surface area (Å²) in [5.74, 6) is -5.54. The molecule has 7 amide bonds. The second kappa shape index (κ2) is 29.2. The molecule has 11 N–H and O–H groups in total. The first-order valence-corrected chi connectivity index (χ1v) is 28.4. The molecule has 4 fully saturated rings. The van der Waals surface area contributed by atoms with Gasteiger partial charge in [0.1, 0.15) is 42.0 Å². The number of nitrogens with two attached hydrogens (primary N) is 1. The van der Waals surface area contributed by atoms with Crippen molar-refractivity contribution in [3.8, 4) is 16.9 Å². The summed E-state index contributed by atoms with van der Waals surface area (Å²) >= 11 is 0. The number of carbonyl (C=O) groups is 7. The summed E-state index contributed by atoms with van der Waals surface area (Å²) in [5.41, 5.74) is 10.1. The lowest BCUT2D eigenvalue weighted by Crippen LogP contribution is -2.61. The lowest BCUT2D eigenvalue weighted by atomic mass is 10.0. The number of unbranched alkanes of at least 4 members (excludes halogenated alkanes) is 5. The van der Waals surface area contributed by atoms with Gasteiger partial charge in [-0.1, -0.05) is 75.4 Å². The SMILES string of the molecule is CCCCCCCCON1CCN(c2ccc(-c3ccc(C(=O)N[C@H]4CCCNC(=O)C5C[C@H](N)CN5C(=O)C(C(C)O)NC(=O)C(CCc5ccc(O)cc5)NC(=O)C5C[C@@H](O)CN5C(=O)C(C(C)O)NC4=O)cc3)cc2)CC1. The van der Waals surface area contributed by atoms with E-state index in [2.05, 4.69) is 55.6 Å². The van der Waals surface area contributed by atoms with Crippen LogP contribution in [0.3, 0.4) is 0 Å². The van der Waals surface area contributed by atoms with Crippen LogP contribution in [0.2, 0.25) is 0 Å². The van der Waals surface area contributed by atoms with Gasteiger partial charge in [-0.05, 0) is 105 Å². The molecule has 4 aliphatic rings. The number of hydrogen-bond acceptors (Lipinski definition) is 15. The Morgan fingerprint density at radius 3 is 1.94 bits per heavy atom. The summed E-state index contributed by atoms with van der Waals surface area (Å²) in [6, 6.07) is 12.1. The number of aliphatic hydroxyl groups is 3. The fourth-order valence-electron chi connectivity index (χ4n) is 10.8. The second-order valence-corrected chi connectivity index (χ2v) is 21.7. The van der Waals surface area contributed by atoms with Gasteiger partial charge in [-0.25, -0.2) is 0 Å². The highest BCUT2D eigenvalue weighted by Crippen LogP contribution is 2.26.